The fraction of sp³-hybridized carbons (Fsp3) is 0.333. The molecule has 1 aromatic carbocycles. The van der Waals surface area contributed by atoms with Gasteiger partial charge >= 0.3 is 6.03 Å². The van der Waals surface area contributed by atoms with Gasteiger partial charge in [0.05, 0.1) is 6.04 Å². The van der Waals surface area contributed by atoms with E-state index in [1.54, 1.807) is 6.92 Å². The summed E-state index contributed by atoms with van der Waals surface area (Å²) < 4.78 is 26.5. The molecule has 0 aromatic heterocycles. The molecule has 19 heavy (non-hydrogen) atoms. The summed E-state index contributed by atoms with van der Waals surface area (Å²) in [6, 6.07) is 0.704. The maximum atomic E-state index is 13.5. The first kappa shape index (κ1) is 15.0. The highest BCUT2D eigenvalue weighted by Gasteiger charge is 2.19. The number of carbonyl (C=O) groups is 2. The molecule has 0 aliphatic rings. The second-order valence-electron chi connectivity index (χ2n) is 4.13. The highest BCUT2D eigenvalue weighted by Crippen LogP contribution is 2.18. The number of nitrogens with one attached hydrogen (secondary N) is 2. The number of imide groups is 1. The van der Waals surface area contributed by atoms with E-state index in [1.807, 2.05) is 5.32 Å². The first-order chi connectivity index (χ1) is 8.81. The number of urea groups is 1. The van der Waals surface area contributed by atoms with Crippen molar-refractivity contribution in [3.63, 3.8) is 0 Å². The van der Waals surface area contributed by atoms with Gasteiger partial charge in [-0.15, -0.1) is 0 Å². The lowest BCUT2D eigenvalue weighted by Crippen LogP contribution is -2.47. The minimum absolute atomic E-state index is 0.0960. The Hall–Kier alpha value is -2.02. The van der Waals surface area contributed by atoms with Gasteiger partial charge in [0.1, 0.15) is 11.6 Å². The van der Waals surface area contributed by atoms with Gasteiger partial charge in [0.15, 0.2) is 0 Å². The van der Waals surface area contributed by atoms with Crippen molar-refractivity contribution in [3.8, 4) is 0 Å². The van der Waals surface area contributed by atoms with Gasteiger partial charge < -0.3 is 5.73 Å². The molecule has 0 fully saturated rings. The number of hydrogen-bond donors (Lipinski definition) is 3. The molecule has 0 heterocycles. The molecule has 7 heteroatoms. The van der Waals surface area contributed by atoms with Crippen LogP contribution in [0, 0.1) is 11.6 Å². The molecule has 2 atom stereocenters. The van der Waals surface area contributed by atoms with Crippen molar-refractivity contribution in [2.24, 2.45) is 5.73 Å². The molecule has 0 radical (unpaired) electrons. The van der Waals surface area contributed by atoms with Gasteiger partial charge in [-0.1, -0.05) is 0 Å². The first-order valence-electron chi connectivity index (χ1n) is 5.62. The van der Waals surface area contributed by atoms with E-state index in [1.165, 1.54) is 6.92 Å². The standard InChI is InChI=1S/C12H15F2N3O2/c1-6(9-5-8(13)3-4-10(9)14)16-7(2)11(18)17-12(15)19/h3-7,16H,1-2H3,(H3,15,17,18,19)/t6-,7+/m0/s1. The Bertz CT molecular complexity index is 494. The van der Waals surface area contributed by atoms with Crippen LogP contribution in [-0.4, -0.2) is 18.0 Å². The van der Waals surface area contributed by atoms with Gasteiger partial charge in [0.2, 0.25) is 5.91 Å². The number of rotatable bonds is 4. The minimum Gasteiger partial charge on any atom is -0.351 e. The van der Waals surface area contributed by atoms with Gasteiger partial charge in [0, 0.05) is 11.6 Å². The van der Waals surface area contributed by atoms with Crippen molar-refractivity contribution >= 4 is 11.9 Å². The lowest BCUT2D eigenvalue weighted by molar-refractivity contribution is -0.121. The number of hydrogen-bond acceptors (Lipinski definition) is 3. The first-order valence-corrected chi connectivity index (χ1v) is 5.62. The maximum Gasteiger partial charge on any atom is 0.318 e. The number of halogens is 2. The summed E-state index contributed by atoms with van der Waals surface area (Å²) >= 11 is 0. The van der Waals surface area contributed by atoms with E-state index in [4.69, 9.17) is 5.73 Å². The Morgan fingerprint density at radius 2 is 1.89 bits per heavy atom. The number of carbonyl (C=O) groups excluding carboxylic acids is 2. The zero-order valence-electron chi connectivity index (χ0n) is 10.5. The van der Waals surface area contributed by atoms with E-state index in [-0.39, 0.29) is 5.56 Å². The highest BCUT2D eigenvalue weighted by atomic mass is 19.1. The number of nitrogens with two attached hydrogens (primary N) is 1. The van der Waals surface area contributed by atoms with Crippen molar-refractivity contribution < 1.29 is 18.4 Å². The Kier molecular flexibility index (Phi) is 4.94. The van der Waals surface area contributed by atoms with Crippen LogP contribution in [0.3, 0.4) is 0 Å². The molecule has 5 nitrogen and oxygen atoms in total. The van der Waals surface area contributed by atoms with E-state index in [2.05, 4.69) is 5.32 Å². The summed E-state index contributed by atoms with van der Waals surface area (Å²) in [5.41, 5.74) is 4.90. The molecule has 0 saturated heterocycles. The summed E-state index contributed by atoms with van der Waals surface area (Å²) in [6.07, 6.45) is 0. The summed E-state index contributed by atoms with van der Waals surface area (Å²) in [6.45, 7) is 3.05. The van der Waals surface area contributed by atoms with Gasteiger partial charge in [-0.3, -0.25) is 15.4 Å². The molecule has 3 amide bonds. The lowest BCUT2D eigenvalue weighted by Gasteiger charge is -2.19. The lowest BCUT2D eigenvalue weighted by atomic mass is 10.1. The molecule has 104 valence electrons. The molecule has 0 saturated carbocycles. The number of benzene rings is 1. The molecule has 1 aromatic rings. The normalized spacial score (nSPS) is 13.7. The van der Waals surface area contributed by atoms with Crippen LogP contribution in [-0.2, 0) is 4.79 Å². The number of primary amides is 1. The monoisotopic (exact) mass is 271 g/mol. The Labute approximate surface area is 109 Å². The van der Waals surface area contributed by atoms with Crippen LogP contribution >= 0.6 is 0 Å². The van der Waals surface area contributed by atoms with Gasteiger partial charge in [-0.05, 0) is 32.0 Å². The fourth-order valence-corrected chi connectivity index (χ4v) is 1.62. The summed E-state index contributed by atoms with van der Waals surface area (Å²) in [7, 11) is 0. The summed E-state index contributed by atoms with van der Waals surface area (Å²) in [5.74, 6) is -1.79. The molecule has 0 unspecified atom stereocenters. The van der Waals surface area contributed by atoms with Gasteiger partial charge in [-0.25, -0.2) is 13.6 Å². The van der Waals surface area contributed by atoms with Crippen LogP contribution in [0.15, 0.2) is 18.2 Å². The van der Waals surface area contributed by atoms with E-state index in [0.29, 0.717) is 0 Å². The van der Waals surface area contributed by atoms with Crippen LogP contribution < -0.4 is 16.4 Å². The van der Waals surface area contributed by atoms with E-state index < -0.39 is 35.7 Å². The summed E-state index contributed by atoms with van der Waals surface area (Å²) in [5, 5.41) is 4.64. The molecule has 1 rings (SSSR count). The number of amides is 3. The van der Waals surface area contributed by atoms with Crippen molar-refractivity contribution in [2.75, 3.05) is 0 Å². The van der Waals surface area contributed by atoms with Gasteiger partial charge in [0.25, 0.3) is 0 Å². The smallest absolute Gasteiger partial charge is 0.318 e. The van der Waals surface area contributed by atoms with Crippen molar-refractivity contribution in [1.29, 1.82) is 0 Å². The molecule has 4 N–H and O–H groups in total. The molecule has 0 bridgehead atoms. The quantitative estimate of drug-likeness (QED) is 0.769. The van der Waals surface area contributed by atoms with Crippen molar-refractivity contribution in [3.05, 3.63) is 35.4 Å². The minimum atomic E-state index is -0.969. The largest absolute Gasteiger partial charge is 0.351 e. The maximum absolute atomic E-state index is 13.5. The Morgan fingerprint density at radius 1 is 1.26 bits per heavy atom. The SMILES string of the molecule is C[C@H](N[C@H](C)C(=O)NC(N)=O)c1cc(F)ccc1F. The third-order valence-electron chi connectivity index (χ3n) is 2.56. The second-order valence-corrected chi connectivity index (χ2v) is 4.13. The molecule has 0 aliphatic carbocycles. The molecular formula is C12H15F2N3O2. The van der Waals surface area contributed by atoms with Crippen LogP contribution in [0.5, 0.6) is 0 Å². The van der Waals surface area contributed by atoms with E-state index in [9.17, 15) is 18.4 Å². The Balaban J connectivity index is 2.73. The second kappa shape index (κ2) is 6.24. The summed E-state index contributed by atoms with van der Waals surface area (Å²) in [4.78, 5) is 22.0. The highest BCUT2D eigenvalue weighted by molar-refractivity contribution is 5.96. The van der Waals surface area contributed by atoms with Crippen molar-refractivity contribution in [2.45, 2.75) is 25.9 Å². The van der Waals surface area contributed by atoms with Crippen LogP contribution in [0.2, 0.25) is 0 Å². The average molecular weight is 271 g/mol. The topological polar surface area (TPSA) is 84.2 Å². The predicted molar refractivity (Wildman–Crippen MR) is 65.1 cm³/mol. The van der Waals surface area contributed by atoms with Crippen LogP contribution in [0.1, 0.15) is 25.5 Å². The van der Waals surface area contributed by atoms with E-state index >= 15 is 0 Å². The zero-order valence-corrected chi connectivity index (χ0v) is 10.5. The zero-order chi connectivity index (χ0) is 14.6. The van der Waals surface area contributed by atoms with Gasteiger partial charge in [-0.2, -0.15) is 0 Å². The average Bonchev–Trinajstić information content (AvgIpc) is 2.31. The van der Waals surface area contributed by atoms with Crippen LogP contribution in [0.25, 0.3) is 0 Å². The molecule has 0 aliphatic heterocycles. The van der Waals surface area contributed by atoms with E-state index in [0.717, 1.165) is 18.2 Å². The van der Waals surface area contributed by atoms with Crippen LogP contribution in [0.4, 0.5) is 13.6 Å². The third-order valence-corrected chi connectivity index (χ3v) is 2.56. The Morgan fingerprint density at radius 3 is 2.47 bits per heavy atom. The molecule has 0 spiro atoms. The molecular weight excluding hydrogens is 256 g/mol. The predicted octanol–water partition coefficient (Wildman–Crippen LogP) is 1.20. The van der Waals surface area contributed by atoms with Crippen molar-refractivity contribution in [1.82, 2.24) is 10.6 Å². The fourth-order valence-electron chi connectivity index (χ4n) is 1.62. The third kappa shape index (κ3) is 4.29.